The van der Waals surface area contributed by atoms with E-state index in [2.05, 4.69) is 10.6 Å². The molecule has 2 N–H and O–H groups in total. The monoisotopic (exact) mass is 360 g/mol. The number of rotatable bonds is 6. The van der Waals surface area contributed by atoms with Crippen LogP contribution in [-0.2, 0) is 14.6 Å². The number of sulfone groups is 1. The van der Waals surface area contributed by atoms with Crippen LogP contribution in [0, 0.1) is 6.92 Å². The first-order chi connectivity index (χ1) is 10.8. The largest absolute Gasteiger partial charge is 0.495 e. The summed E-state index contributed by atoms with van der Waals surface area (Å²) in [6.45, 7) is 2.31. The number of methoxy groups -OCH3 is 1. The second-order valence-corrected chi connectivity index (χ2v) is 8.28. The number of amides is 1. The summed E-state index contributed by atoms with van der Waals surface area (Å²) in [4.78, 5) is 11.9. The van der Waals surface area contributed by atoms with E-state index in [-0.39, 0.29) is 29.9 Å². The molecule has 2 rings (SSSR count). The average molecular weight is 361 g/mol. The summed E-state index contributed by atoms with van der Waals surface area (Å²) in [6, 6.07) is 3.32. The molecule has 1 heterocycles. The molecule has 128 valence electrons. The van der Waals surface area contributed by atoms with E-state index in [9.17, 15) is 13.2 Å². The summed E-state index contributed by atoms with van der Waals surface area (Å²) < 4.78 is 28.0. The molecule has 1 unspecified atom stereocenters. The van der Waals surface area contributed by atoms with Gasteiger partial charge in [0, 0.05) is 30.1 Å². The SMILES string of the molecule is COc1cc(Cl)c(C)cc1NCCC(=O)NC1CCS(=O)(=O)C1. The van der Waals surface area contributed by atoms with Gasteiger partial charge in [0.25, 0.3) is 0 Å². The standard InChI is InChI=1S/C15H21ClN2O4S/c1-10-7-13(14(22-2)8-12(10)16)17-5-3-15(19)18-11-4-6-23(20,21)9-11/h7-8,11,17H,3-6,9H2,1-2H3,(H,18,19). The lowest BCUT2D eigenvalue weighted by Gasteiger charge is -2.14. The molecule has 1 aliphatic heterocycles. The molecule has 0 aromatic heterocycles. The molecule has 0 saturated carbocycles. The summed E-state index contributed by atoms with van der Waals surface area (Å²) in [7, 11) is -1.43. The van der Waals surface area contributed by atoms with Crippen LogP contribution in [0.25, 0.3) is 0 Å². The number of carbonyl (C=O) groups is 1. The minimum absolute atomic E-state index is 0.0381. The average Bonchev–Trinajstić information content (AvgIpc) is 2.81. The molecule has 0 bridgehead atoms. The maximum Gasteiger partial charge on any atom is 0.222 e. The molecule has 1 aromatic rings. The van der Waals surface area contributed by atoms with Crippen molar-refractivity contribution in [3.05, 3.63) is 22.7 Å². The van der Waals surface area contributed by atoms with Gasteiger partial charge in [-0.3, -0.25) is 4.79 Å². The molecule has 0 radical (unpaired) electrons. The Bertz CT molecular complexity index is 691. The summed E-state index contributed by atoms with van der Waals surface area (Å²) >= 11 is 6.05. The first-order valence-corrected chi connectivity index (χ1v) is 9.58. The second-order valence-electron chi connectivity index (χ2n) is 5.65. The van der Waals surface area contributed by atoms with Gasteiger partial charge in [0.05, 0.1) is 24.3 Å². The highest BCUT2D eigenvalue weighted by Crippen LogP contribution is 2.30. The summed E-state index contributed by atoms with van der Waals surface area (Å²) in [5.74, 6) is 0.639. The molecule has 1 aromatic carbocycles. The number of aryl methyl sites for hydroxylation is 1. The number of hydrogen-bond donors (Lipinski definition) is 2. The Morgan fingerprint density at radius 2 is 2.17 bits per heavy atom. The zero-order chi connectivity index (χ0) is 17.0. The highest BCUT2D eigenvalue weighted by atomic mass is 35.5. The fraction of sp³-hybridized carbons (Fsp3) is 0.533. The Morgan fingerprint density at radius 1 is 1.43 bits per heavy atom. The first-order valence-electron chi connectivity index (χ1n) is 7.38. The Morgan fingerprint density at radius 3 is 2.78 bits per heavy atom. The lowest BCUT2D eigenvalue weighted by atomic mass is 10.2. The third-order valence-corrected chi connectivity index (χ3v) is 5.92. The molecule has 1 aliphatic rings. The first kappa shape index (κ1) is 17.9. The van der Waals surface area contributed by atoms with Crippen LogP contribution in [0.3, 0.4) is 0 Å². The maximum absolute atomic E-state index is 11.9. The summed E-state index contributed by atoms with van der Waals surface area (Å²) in [6.07, 6.45) is 0.743. The molecule has 0 aliphatic carbocycles. The van der Waals surface area contributed by atoms with Gasteiger partial charge >= 0.3 is 0 Å². The molecule has 0 spiro atoms. The van der Waals surface area contributed by atoms with Crippen molar-refractivity contribution in [2.24, 2.45) is 0 Å². The molecule has 1 fully saturated rings. The van der Waals surface area contributed by atoms with Crippen molar-refractivity contribution in [1.29, 1.82) is 0 Å². The minimum atomic E-state index is -2.98. The molecule has 6 nitrogen and oxygen atoms in total. The number of carbonyl (C=O) groups excluding carboxylic acids is 1. The molecular formula is C15H21ClN2O4S. The van der Waals surface area contributed by atoms with Gasteiger partial charge in [0.15, 0.2) is 9.84 Å². The van der Waals surface area contributed by atoms with Gasteiger partial charge in [-0.15, -0.1) is 0 Å². The van der Waals surface area contributed by atoms with Gasteiger partial charge in [0.2, 0.25) is 5.91 Å². The van der Waals surface area contributed by atoms with Crippen molar-refractivity contribution in [3.8, 4) is 5.75 Å². The quantitative estimate of drug-likeness (QED) is 0.807. The highest BCUT2D eigenvalue weighted by molar-refractivity contribution is 7.91. The number of halogens is 1. The Balaban J connectivity index is 1.83. The topological polar surface area (TPSA) is 84.5 Å². The van der Waals surface area contributed by atoms with Crippen LogP contribution in [0.2, 0.25) is 5.02 Å². The number of hydrogen-bond acceptors (Lipinski definition) is 5. The van der Waals surface area contributed by atoms with Crippen molar-refractivity contribution >= 4 is 33.0 Å². The normalized spacial score (nSPS) is 19.3. The van der Waals surface area contributed by atoms with Crippen LogP contribution >= 0.6 is 11.6 Å². The molecule has 23 heavy (non-hydrogen) atoms. The summed E-state index contributed by atoms with van der Waals surface area (Å²) in [5, 5.41) is 6.52. The lowest BCUT2D eigenvalue weighted by Crippen LogP contribution is -2.36. The van der Waals surface area contributed by atoms with Crippen molar-refractivity contribution in [2.45, 2.75) is 25.8 Å². The van der Waals surface area contributed by atoms with E-state index in [1.165, 1.54) is 0 Å². The third-order valence-electron chi connectivity index (χ3n) is 3.75. The number of benzene rings is 1. The lowest BCUT2D eigenvalue weighted by molar-refractivity contribution is -0.121. The van der Waals surface area contributed by atoms with Gasteiger partial charge in [0.1, 0.15) is 5.75 Å². The van der Waals surface area contributed by atoms with Crippen LogP contribution in [0.1, 0.15) is 18.4 Å². The van der Waals surface area contributed by atoms with Crippen LogP contribution in [0.5, 0.6) is 5.75 Å². The molecule has 8 heteroatoms. The van der Waals surface area contributed by atoms with Gasteiger partial charge in [-0.1, -0.05) is 11.6 Å². The van der Waals surface area contributed by atoms with E-state index in [4.69, 9.17) is 16.3 Å². The third kappa shape index (κ3) is 5.00. The van der Waals surface area contributed by atoms with Crippen LogP contribution < -0.4 is 15.4 Å². The smallest absolute Gasteiger partial charge is 0.222 e. The fourth-order valence-electron chi connectivity index (χ4n) is 2.49. The summed E-state index contributed by atoms with van der Waals surface area (Å²) in [5.41, 5.74) is 1.68. The van der Waals surface area contributed by atoms with Gasteiger partial charge in [-0.25, -0.2) is 8.42 Å². The van der Waals surface area contributed by atoms with E-state index >= 15 is 0 Å². The van der Waals surface area contributed by atoms with Gasteiger partial charge in [-0.05, 0) is 25.0 Å². The van der Waals surface area contributed by atoms with Crippen LogP contribution in [0.4, 0.5) is 5.69 Å². The van der Waals surface area contributed by atoms with E-state index < -0.39 is 9.84 Å². The zero-order valence-corrected chi connectivity index (χ0v) is 14.8. The Labute approximate surface area is 141 Å². The minimum Gasteiger partial charge on any atom is -0.495 e. The van der Waals surface area contributed by atoms with Crippen molar-refractivity contribution in [2.75, 3.05) is 30.5 Å². The van der Waals surface area contributed by atoms with Crippen LogP contribution in [-0.4, -0.2) is 45.5 Å². The van der Waals surface area contributed by atoms with Crippen molar-refractivity contribution in [1.82, 2.24) is 5.32 Å². The Hall–Kier alpha value is -1.47. The highest BCUT2D eigenvalue weighted by Gasteiger charge is 2.28. The van der Waals surface area contributed by atoms with Gasteiger partial charge in [-0.2, -0.15) is 0 Å². The Kier molecular flexibility index (Phi) is 5.75. The molecular weight excluding hydrogens is 340 g/mol. The number of anilines is 1. The number of ether oxygens (including phenoxy) is 1. The van der Waals surface area contributed by atoms with E-state index in [1.807, 2.05) is 13.0 Å². The second kappa shape index (κ2) is 7.40. The molecule has 1 amide bonds. The zero-order valence-electron chi connectivity index (χ0n) is 13.2. The van der Waals surface area contributed by atoms with Gasteiger partial charge < -0.3 is 15.4 Å². The van der Waals surface area contributed by atoms with Crippen molar-refractivity contribution in [3.63, 3.8) is 0 Å². The molecule has 1 saturated heterocycles. The van der Waals surface area contributed by atoms with Crippen LogP contribution in [0.15, 0.2) is 12.1 Å². The maximum atomic E-state index is 11.9. The number of nitrogens with one attached hydrogen (secondary N) is 2. The van der Waals surface area contributed by atoms with Crippen molar-refractivity contribution < 1.29 is 17.9 Å². The predicted octanol–water partition coefficient (Wildman–Crippen LogP) is 1.76. The fourth-order valence-corrected chi connectivity index (χ4v) is 4.32. The predicted molar refractivity (Wildman–Crippen MR) is 91.0 cm³/mol. The van der Waals surface area contributed by atoms with E-state index in [0.717, 1.165) is 11.3 Å². The van der Waals surface area contributed by atoms with E-state index in [1.54, 1.807) is 13.2 Å². The van der Waals surface area contributed by atoms with E-state index in [0.29, 0.717) is 23.7 Å². The molecule has 1 atom stereocenters.